The molecule has 1 atom stereocenters. The molecule has 3 nitrogen and oxygen atoms in total. The van der Waals surface area contributed by atoms with Gasteiger partial charge in [-0.1, -0.05) is 20.3 Å². The molecule has 0 aromatic heterocycles. The Bertz CT molecular complexity index is 279. The number of hydrogen-bond donors (Lipinski definition) is 0. The lowest BCUT2D eigenvalue weighted by molar-refractivity contribution is 0.00155. The van der Waals surface area contributed by atoms with Gasteiger partial charge in [0.15, 0.2) is 0 Å². The molecule has 0 aromatic rings. The van der Waals surface area contributed by atoms with Gasteiger partial charge in [0.1, 0.15) is 5.60 Å². The maximum Gasteiger partial charge on any atom is 0.410 e. The first-order chi connectivity index (χ1) is 8.32. The van der Waals surface area contributed by atoms with Gasteiger partial charge in [-0.15, -0.1) is 0 Å². The zero-order valence-electron chi connectivity index (χ0n) is 12.7. The van der Waals surface area contributed by atoms with Crippen LogP contribution in [0.25, 0.3) is 0 Å². The molecule has 1 heterocycles. The summed E-state index contributed by atoms with van der Waals surface area (Å²) in [6, 6.07) is 0. The summed E-state index contributed by atoms with van der Waals surface area (Å²) in [5.74, 6) is 0. The number of ether oxygens (including phenoxy) is 1. The average Bonchev–Trinajstić information content (AvgIpc) is 2.27. The van der Waals surface area contributed by atoms with Crippen LogP contribution in [0.1, 0.15) is 66.7 Å². The predicted molar refractivity (Wildman–Crippen MR) is 74.7 cm³/mol. The molecule has 0 unspecified atom stereocenters. The number of rotatable bonds is 3. The summed E-state index contributed by atoms with van der Waals surface area (Å²) >= 11 is 0. The summed E-state index contributed by atoms with van der Waals surface area (Å²) in [6.07, 6.45) is 5.76. The summed E-state index contributed by atoms with van der Waals surface area (Å²) in [7, 11) is 0. The molecular weight excluding hydrogens is 226 g/mol. The number of carbonyl (C=O) groups excluding carboxylic acids is 1. The van der Waals surface area contributed by atoms with Crippen LogP contribution in [-0.2, 0) is 4.74 Å². The first kappa shape index (κ1) is 15.3. The van der Waals surface area contributed by atoms with Crippen LogP contribution in [0, 0.1) is 5.41 Å². The van der Waals surface area contributed by atoms with Crippen molar-refractivity contribution in [2.75, 3.05) is 13.1 Å². The van der Waals surface area contributed by atoms with Crippen molar-refractivity contribution in [2.45, 2.75) is 72.3 Å². The number of hydrogen-bond acceptors (Lipinski definition) is 2. The molecule has 1 aliphatic heterocycles. The van der Waals surface area contributed by atoms with Crippen molar-refractivity contribution in [3.05, 3.63) is 0 Å². The standard InChI is InChI=1S/C15H29NO2/c1-6-9-15(7-2)10-8-11-16(12-15)13(17)18-14(3,4)5/h6-12H2,1-5H3/t15-/m1/s1. The predicted octanol–water partition coefficient (Wildman–Crippen LogP) is 4.21. The Labute approximate surface area is 112 Å². The van der Waals surface area contributed by atoms with Crippen molar-refractivity contribution in [2.24, 2.45) is 5.41 Å². The van der Waals surface area contributed by atoms with Gasteiger partial charge in [-0.05, 0) is 51.9 Å². The fourth-order valence-electron chi connectivity index (χ4n) is 2.89. The van der Waals surface area contributed by atoms with Crippen LogP contribution in [0.15, 0.2) is 0 Å². The third kappa shape index (κ3) is 4.18. The van der Waals surface area contributed by atoms with Crippen LogP contribution in [0.5, 0.6) is 0 Å². The third-order valence-corrected chi connectivity index (χ3v) is 3.84. The summed E-state index contributed by atoms with van der Waals surface area (Å²) in [5, 5.41) is 0. The van der Waals surface area contributed by atoms with Crippen LogP contribution < -0.4 is 0 Å². The van der Waals surface area contributed by atoms with Gasteiger partial charge >= 0.3 is 6.09 Å². The van der Waals surface area contributed by atoms with Crippen LogP contribution in [0.2, 0.25) is 0 Å². The van der Waals surface area contributed by atoms with Crippen molar-refractivity contribution in [3.63, 3.8) is 0 Å². The summed E-state index contributed by atoms with van der Waals surface area (Å²) in [5.41, 5.74) is -0.0714. The quantitative estimate of drug-likeness (QED) is 0.756. The van der Waals surface area contributed by atoms with Gasteiger partial charge in [-0.25, -0.2) is 4.79 Å². The molecule has 0 radical (unpaired) electrons. The van der Waals surface area contributed by atoms with E-state index in [4.69, 9.17) is 4.74 Å². The molecule has 18 heavy (non-hydrogen) atoms. The van der Waals surface area contributed by atoms with Crippen LogP contribution in [0.3, 0.4) is 0 Å². The molecule has 0 N–H and O–H groups in total. The van der Waals surface area contributed by atoms with Gasteiger partial charge in [-0.3, -0.25) is 0 Å². The number of nitrogens with zero attached hydrogens (tertiary/aromatic N) is 1. The minimum absolute atomic E-state index is 0.142. The zero-order valence-corrected chi connectivity index (χ0v) is 12.7. The summed E-state index contributed by atoms with van der Waals surface area (Å²) in [4.78, 5) is 14.0. The Morgan fingerprint density at radius 2 is 2.00 bits per heavy atom. The van der Waals surface area contributed by atoms with Gasteiger partial charge in [0.25, 0.3) is 0 Å². The maximum atomic E-state index is 12.1. The van der Waals surface area contributed by atoms with Crippen LogP contribution in [0.4, 0.5) is 4.79 Å². The van der Waals surface area contributed by atoms with E-state index in [-0.39, 0.29) is 6.09 Å². The van der Waals surface area contributed by atoms with Gasteiger partial charge in [-0.2, -0.15) is 0 Å². The molecule has 1 saturated heterocycles. The number of amides is 1. The SMILES string of the molecule is CCC[C@]1(CC)CCCN(C(=O)OC(C)(C)C)C1. The first-order valence-electron chi connectivity index (χ1n) is 7.30. The van der Waals surface area contributed by atoms with Crippen molar-refractivity contribution >= 4 is 6.09 Å². The minimum Gasteiger partial charge on any atom is -0.444 e. The third-order valence-electron chi connectivity index (χ3n) is 3.84. The van der Waals surface area contributed by atoms with Gasteiger partial charge in [0, 0.05) is 13.1 Å². The van der Waals surface area contributed by atoms with Crippen molar-refractivity contribution < 1.29 is 9.53 Å². The van der Waals surface area contributed by atoms with E-state index >= 15 is 0 Å². The maximum absolute atomic E-state index is 12.1. The van der Waals surface area contributed by atoms with Crippen molar-refractivity contribution in [3.8, 4) is 0 Å². The lowest BCUT2D eigenvalue weighted by Crippen LogP contribution is -2.47. The number of likely N-dealkylation sites (tertiary alicyclic amines) is 1. The number of carbonyl (C=O) groups is 1. The Morgan fingerprint density at radius 3 is 2.50 bits per heavy atom. The number of piperidine rings is 1. The normalized spacial score (nSPS) is 25.1. The Kier molecular flexibility index (Phi) is 5.06. The fourth-order valence-corrected chi connectivity index (χ4v) is 2.89. The summed E-state index contributed by atoms with van der Waals surface area (Å²) in [6.45, 7) is 12.0. The zero-order chi connectivity index (χ0) is 13.8. The molecule has 0 bridgehead atoms. The van der Waals surface area contributed by atoms with Gasteiger partial charge < -0.3 is 9.64 Å². The van der Waals surface area contributed by atoms with Crippen LogP contribution >= 0.6 is 0 Å². The molecule has 106 valence electrons. The largest absolute Gasteiger partial charge is 0.444 e. The highest BCUT2D eigenvalue weighted by molar-refractivity contribution is 5.68. The highest BCUT2D eigenvalue weighted by Crippen LogP contribution is 2.38. The van der Waals surface area contributed by atoms with Gasteiger partial charge in [0.05, 0.1) is 0 Å². The van der Waals surface area contributed by atoms with E-state index in [1.54, 1.807) is 0 Å². The molecule has 0 saturated carbocycles. The van der Waals surface area contributed by atoms with E-state index < -0.39 is 5.60 Å². The fraction of sp³-hybridized carbons (Fsp3) is 0.933. The topological polar surface area (TPSA) is 29.5 Å². The smallest absolute Gasteiger partial charge is 0.410 e. The molecule has 0 aliphatic carbocycles. The molecule has 1 aliphatic rings. The van der Waals surface area contributed by atoms with Crippen molar-refractivity contribution in [1.82, 2.24) is 4.90 Å². The van der Waals surface area contributed by atoms with E-state index in [0.29, 0.717) is 5.41 Å². The molecular formula is C15H29NO2. The summed E-state index contributed by atoms with van der Waals surface area (Å²) < 4.78 is 5.48. The van der Waals surface area contributed by atoms with E-state index in [0.717, 1.165) is 25.9 Å². The van der Waals surface area contributed by atoms with E-state index in [1.165, 1.54) is 19.3 Å². The van der Waals surface area contributed by atoms with E-state index in [1.807, 2.05) is 25.7 Å². The lowest BCUT2D eigenvalue weighted by atomic mass is 9.74. The second kappa shape index (κ2) is 5.94. The Morgan fingerprint density at radius 1 is 1.33 bits per heavy atom. The monoisotopic (exact) mass is 255 g/mol. The van der Waals surface area contributed by atoms with Crippen molar-refractivity contribution in [1.29, 1.82) is 0 Å². The average molecular weight is 255 g/mol. The molecule has 0 aromatic carbocycles. The Balaban J connectivity index is 2.65. The highest BCUT2D eigenvalue weighted by Gasteiger charge is 2.36. The minimum atomic E-state index is -0.395. The molecule has 1 fully saturated rings. The second-order valence-corrected chi connectivity index (χ2v) is 6.61. The molecule has 3 heteroatoms. The lowest BCUT2D eigenvalue weighted by Gasteiger charge is -2.42. The Hall–Kier alpha value is -0.730. The highest BCUT2D eigenvalue weighted by atomic mass is 16.6. The first-order valence-corrected chi connectivity index (χ1v) is 7.30. The second-order valence-electron chi connectivity index (χ2n) is 6.61. The van der Waals surface area contributed by atoms with E-state index in [2.05, 4.69) is 13.8 Å². The van der Waals surface area contributed by atoms with Gasteiger partial charge in [0.2, 0.25) is 0 Å². The molecule has 1 amide bonds. The molecule has 1 rings (SSSR count). The van der Waals surface area contributed by atoms with Crippen LogP contribution in [-0.4, -0.2) is 29.7 Å². The molecule has 0 spiro atoms. The van der Waals surface area contributed by atoms with E-state index in [9.17, 15) is 4.79 Å².